The van der Waals surface area contributed by atoms with Gasteiger partial charge in [-0.2, -0.15) is 0 Å². The molecule has 1 aromatic rings. The summed E-state index contributed by atoms with van der Waals surface area (Å²) in [5, 5.41) is 0. The molecule has 1 fully saturated rings. The monoisotopic (exact) mass is 207 g/mol. The van der Waals surface area contributed by atoms with Crippen LogP contribution in [0.3, 0.4) is 0 Å². The molecule has 0 aromatic heterocycles. The number of hydrogen-bond acceptors (Lipinski definition) is 3. The highest BCUT2D eigenvalue weighted by Gasteiger charge is 2.23. The number of benzene rings is 1. The van der Waals surface area contributed by atoms with E-state index in [1.54, 1.807) is 7.11 Å². The van der Waals surface area contributed by atoms with Crippen molar-refractivity contribution in [2.24, 2.45) is 5.73 Å². The molecule has 1 atom stereocenters. The van der Waals surface area contributed by atoms with Gasteiger partial charge in [-0.25, -0.2) is 0 Å². The Morgan fingerprint density at radius 3 is 2.53 bits per heavy atom. The van der Waals surface area contributed by atoms with Gasteiger partial charge in [-0.15, -0.1) is 0 Å². The third-order valence-corrected chi connectivity index (χ3v) is 2.48. The SMILES string of the molecule is COCC(N)c1ccc(OC2CC2)cc1. The fourth-order valence-electron chi connectivity index (χ4n) is 1.45. The van der Waals surface area contributed by atoms with Crippen LogP contribution in [0.4, 0.5) is 0 Å². The summed E-state index contributed by atoms with van der Waals surface area (Å²) in [4.78, 5) is 0. The average molecular weight is 207 g/mol. The Hall–Kier alpha value is -1.06. The van der Waals surface area contributed by atoms with Gasteiger partial charge >= 0.3 is 0 Å². The summed E-state index contributed by atoms with van der Waals surface area (Å²) in [6, 6.07) is 7.90. The molecule has 0 radical (unpaired) electrons. The molecule has 1 saturated carbocycles. The topological polar surface area (TPSA) is 44.5 Å². The molecule has 3 heteroatoms. The van der Waals surface area contributed by atoms with Crippen LogP contribution in [-0.4, -0.2) is 19.8 Å². The number of nitrogens with two attached hydrogens (primary N) is 1. The first-order chi connectivity index (χ1) is 7.29. The molecule has 0 amide bonds. The van der Waals surface area contributed by atoms with E-state index in [0.29, 0.717) is 12.7 Å². The van der Waals surface area contributed by atoms with Gasteiger partial charge in [-0.1, -0.05) is 12.1 Å². The van der Waals surface area contributed by atoms with Crippen LogP contribution in [0.15, 0.2) is 24.3 Å². The number of ether oxygens (including phenoxy) is 2. The molecule has 3 nitrogen and oxygen atoms in total. The van der Waals surface area contributed by atoms with Crippen molar-refractivity contribution in [1.29, 1.82) is 0 Å². The van der Waals surface area contributed by atoms with E-state index in [1.165, 1.54) is 12.8 Å². The number of rotatable bonds is 5. The number of methoxy groups -OCH3 is 1. The summed E-state index contributed by atoms with van der Waals surface area (Å²) in [6.45, 7) is 0.544. The Morgan fingerprint density at radius 2 is 2.00 bits per heavy atom. The lowest BCUT2D eigenvalue weighted by Gasteiger charge is -2.11. The molecule has 15 heavy (non-hydrogen) atoms. The molecule has 0 aliphatic heterocycles. The van der Waals surface area contributed by atoms with E-state index in [9.17, 15) is 0 Å². The minimum Gasteiger partial charge on any atom is -0.490 e. The summed E-state index contributed by atoms with van der Waals surface area (Å²) < 4.78 is 10.7. The standard InChI is InChI=1S/C12H17NO2/c1-14-8-12(13)9-2-4-10(5-3-9)15-11-6-7-11/h2-5,11-12H,6-8,13H2,1H3. The first-order valence-electron chi connectivity index (χ1n) is 5.30. The lowest BCUT2D eigenvalue weighted by Crippen LogP contribution is -2.15. The van der Waals surface area contributed by atoms with Crippen LogP contribution in [0, 0.1) is 0 Å². The highest BCUT2D eigenvalue weighted by molar-refractivity contribution is 5.29. The van der Waals surface area contributed by atoms with Crippen LogP contribution < -0.4 is 10.5 Å². The fraction of sp³-hybridized carbons (Fsp3) is 0.500. The Labute approximate surface area is 90.2 Å². The smallest absolute Gasteiger partial charge is 0.119 e. The van der Waals surface area contributed by atoms with Crippen molar-refractivity contribution < 1.29 is 9.47 Å². The zero-order valence-electron chi connectivity index (χ0n) is 8.98. The van der Waals surface area contributed by atoms with Gasteiger partial charge in [-0.05, 0) is 30.5 Å². The van der Waals surface area contributed by atoms with E-state index in [2.05, 4.69) is 0 Å². The van der Waals surface area contributed by atoms with E-state index in [1.807, 2.05) is 24.3 Å². The van der Waals surface area contributed by atoms with Crippen LogP contribution in [0.5, 0.6) is 5.75 Å². The summed E-state index contributed by atoms with van der Waals surface area (Å²) in [7, 11) is 1.66. The molecule has 0 spiro atoms. The van der Waals surface area contributed by atoms with E-state index in [-0.39, 0.29) is 6.04 Å². The zero-order valence-corrected chi connectivity index (χ0v) is 8.98. The average Bonchev–Trinajstić information content (AvgIpc) is 3.03. The highest BCUT2D eigenvalue weighted by Crippen LogP contribution is 2.27. The van der Waals surface area contributed by atoms with Crippen LogP contribution in [0.1, 0.15) is 24.4 Å². The van der Waals surface area contributed by atoms with Gasteiger partial charge in [0.05, 0.1) is 18.8 Å². The van der Waals surface area contributed by atoms with Gasteiger partial charge in [-0.3, -0.25) is 0 Å². The van der Waals surface area contributed by atoms with Crippen molar-refractivity contribution in [2.45, 2.75) is 25.0 Å². The fourth-order valence-corrected chi connectivity index (χ4v) is 1.45. The third kappa shape index (κ3) is 2.94. The molecule has 1 aromatic carbocycles. The van der Waals surface area contributed by atoms with Gasteiger partial charge < -0.3 is 15.2 Å². The van der Waals surface area contributed by atoms with Crippen LogP contribution >= 0.6 is 0 Å². The van der Waals surface area contributed by atoms with Crippen molar-refractivity contribution in [3.05, 3.63) is 29.8 Å². The van der Waals surface area contributed by atoms with Gasteiger partial charge in [0, 0.05) is 7.11 Å². The van der Waals surface area contributed by atoms with E-state index >= 15 is 0 Å². The summed E-state index contributed by atoms with van der Waals surface area (Å²) in [6.07, 6.45) is 2.82. The summed E-state index contributed by atoms with van der Waals surface area (Å²) in [5.41, 5.74) is 6.99. The molecule has 0 saturated heterocycles. The molecule has 2 rings (SSSR count). The van der Waals surface area contributed by atoms with Crippen LogP contribution in [0.2, 0.25) is 0 Å². The molecule has 0 heterocycles. The predicted octanol–water partition coefficient (Wildman–Crippen LogP) is 1.87. The van der Waals surface area contributed by atoms with Gasteiger partial charge in [0.25, 0.3) is 0 Å². The second-order valence-corrected chi connectivity index (χ2v) is 3.95. The van der Waals surface area contributed by atoms with E-state index in [0.717, 1.165) is 11.3 Å². The normalized spacial score (nSPS) is 17.5. The molecular formula is C12H17NO2. The predicted molar refractivity (Wildman–Crippen MR) is 58.9 cm³/mol. The third-order valence-electron chi connectivity index (χ3n) is 2.48. The Balaban J connectivity index is 1.95. The quantitative estimate of drug-likeness (QED) is 0.801. The Bertz CT molecular complexity index is 306. The molecule has 1 unspecified atom stereocenters. The molecule has 2 N–H and O–H groups in total. The summed E-state index contributed by atoms with van der Waals surface area (Å²) >= 11 is 0. The summed E-state index contributed by atoms with van der Waals surface area (Å²) in [5.74, 6) is 0.936. The first-order valence-corrected chi connectivity index (χ1v) is 5.30. The van der Waals surface area contributed by atoms with Crippen molar-refractivity contribution in [3.63, 3.8) is 0 Å². The van der Waals surface area contributed by atoms with Gasteiger partial charge in [0.1, 0.15) is 5.75 Å². The molecule has 82 valence electrons. The van der Waals surface area contributed by atoms with Crippen molar-refractivity contribution in [2.75, 3.05) is 13.7 Å². The number of hydrogen-bond donors (Lipinski definition) is 1. The second-order valence-electron chi connectivity index (χ2n) is 3.95. The largest absolute Gasteiger partial charge is 0.490 e. The maximum absolute atomic E-state index is 5.90. The van der Waals surface area contributed by atoms with Crippen LogP contribution in [-0.2, 0) is 4.74 Å². The molecular weight excluding hydrogens is 190 g/mol. The van der Waals surface area contributed by atoms with E-state index < -0.39 is 0 Å². The van der Waals surface area contributed by atoms with Gasteiger partial charge in [0.2, 0.25) is 0 Å². The van der Waals surface area contributed by atoms with E-state index in [4.69, 9.17) is 15.2 Å². The lowest BCUT2D eigenvalue weighted by atomic mass is 10.1. The highest BCUT2D eigenvalue weighted by atomic mass is 16.5. The first kappa shape index (κ1) is 10.5. The lowest BCUT2D eigenvalue weighted by molar-refractivity contribution is 0.181. The minimum atomic E-state index is -0.0509. The van der Waals surface area contributed by atoms with Crippen LogP contribution in [0.25, 0.3) is 0 Å². The maximum Gasteiger partial charge on any atom is 0.119 e. The second kappa shape index (κ2) is 4.64. The minimum absolute atomic E-state index is 0.0509. The Kier molecular flexibility index (Phi) is 3.23. The van der Waals surface area contributed by atoms with Gasteiger partial charge in [0.15, 0.2) is 0 Å². The molecule has 1 aliphatic rings. The Morgan fingerprint density at radius 1 is 1.33 bits per heavy atom. The van der Waals surface area contributed by atoms with Crippen molar-refractivity contribution >= 4 is 0 Å². The zero-order chi connectivity index (χ0) is 10.7. The molecule has 0 bridgehead atoms. The van der Waals surface area contributed by atoms with Crippen molar-refractivity contribution in [3.8, 4) is 5.75 Å². The maximum atomic E-state index is 5.90. The molecule has 1 aliphatic carbocycles. The van der Waals surface area contributed by atoms with Crippen molar-refractivity contribution in [1.82, 2.24) is 0 Å².